The minimum absolute atomic E-state index is 0.503. The van der Waals surface area contributed by atoms with Crippen molar-refractivity contribution in [2.24, 2.45) is 11.8 Å². The van der Waals surface area contributed by atoms with E-state index in [-0.39, 0.29) is 0 Å². The van der Waals surface area contributed by atoms with Crippen LogP contribution in [0.4, 0.5) is 4.79 Å². The van der Waals surface area contributed by atoms with E-state index in [2.05, 4.69) is 11.7 Å². The van der Waals surface area contributed by atoms with E-state index in [1.54, 1.807) is 0 Å². The second kappa shape index (κ2) is 2.56. The largest absolute Gasteiger partial charge is 0.453 e. The molecule has 2 atom stereocenters. The third kappa shape index (κ3) is 2.22. The van der Waals surface area contributed by atoms with Gasteiger partial charge in [0, 0.05) is 11.6 Å². The lowest BCUT2D eigenvalue weighted by molar-refractivity contribution is 0.166. The summed E-state index contributed by atoms with van der Waals surface area (Å²) in [6.45, 7) is 2.64. The Bertz CT molecular complexity index is 124. The van der Waals surface area contributed by atoms with Gasteiger partial charge in [-0.25, -0.2) is 4.79 Å². The standard InChI is InChI=1S/C6H9ClO2/c1-4-2-5(4)3-9-6(7)8/h4-5H,2-3H2,1H3. The van der Waals surface area contributed by atoms with Gasteiger partial charge in [-0.3, -0.25) is 0 Å². The molecule has 9 heavy (non-hydrogen) atoms. The molecule has 2 unspecified atom stereocenters. The Balaban J connectivity index is 2.00. The summed E-state index contributed by atoms with van der Waals surface area (Å²) < 4.78 is 4.56. The van der Waals surface area contributed by atoms with Crippen molar-refractivity contribution in [3.63, 3.8) is 0 Å². The monoisotopic (exact) mass is 148 g/mol. The number of rotatable bonds is 2. The SMILES string of the molecule is CC1CC1COC(=O)Cl. The first-order chi connectivity index (χ1) is 4.20. The van der Waals surface area contributed by atoms with Crippen LogP contribution >= 0.6 is 11.6 Å². The van der Waals surface area contributed by atoms with Crippen LogP contribution in [0.1, 0.15) is 13.3 Å². The molecule has 2 nitrogen and oxygen atoms in total. The molecule has 0 aromatic carbocycles. The molecule has 0 amide bonds. The highest BCUT2D eigenvalue weighted by Gasteiger charge is 2.33. The van der Waals surface area contributed by atoms with Gasteiger partial charge in [-0.2, -0.15) is 0 Å². The molecule has 0 aromatic heterocycles. The predicted molar refractivity (Wildman–Crippen MR) is 34.5 cm³/mol. The highest BCUT2D eigenvalue weighted by atomic mass is 35.5. The molecule has 1 aliphatic rings. The highest BCUT2D eigenvalue weighted by Crippen LogP contribution is 2.37. The lowest BCUT2D eigenvalue weighted by atomic mass is 10.4. The predicted octanol–water partition coefficient (Wildman–Crippen LogP) is 2.02. The summed E-state index contributed by atoms with van der Waals surface area (Å²) in [4.78, 5) is 10.0. The van der Waals surface area contributed by atoms with E-state index < -0.39 is 5.43 Å². The molecule has 52 valence electrons. The first kappa shape index (κ1) is 6.87. The zero-order valence-electron chi connectivity index (χ0n) is 5.26. The fourth-order valence-electron chi connectivity index (χ4n) is 0.804. The lowest BCUT2D eigenvalue weighted by Crippen LogP contribution is -1.98. The maximum absolute atomic E-state index is 10.0. The molecule has 0 N–H and O–H groups in total. The van der Waals surface area contributed by atoms with Gasteiger partial charge in [-0.05, 0) is 18.3 Å². The molecule has 0 aromatic rings. The van der Waals surface area contributed by atoms with Crippen molar-refractivity contribution in [3.8, 4) is 0 Å². The summed E-state index contributed by atoms with van der Waals surface area (Å²) in [6.07, 6.45) is 1.17. The van der Waals surface area contributed by atoms with E-state index in [9.17, 15) is 4.79 Å². The minimum atomic E-state index is -0.686. The second-order valence-corrected chi connectivity index (χ2v) is 2.83. The van der Waals surface area contributed by atoms with E-state index in [1.807, 2.05) is 0 Å². The Hall–Kier alpha value is -0.240. The van der Waals surface area contributed by atoms with Crippen molar-refractivity contribution in [2.75, 3.05) is 6.61 Å². The molecule has 1 rings (SSSR count). The first-order valence-electron chi connectivity index (χ1n) is 3.02. The number of hydrogen-bond acceptors (Lipinski definition) is 2. The van der Waals surface area contributed by atoms with Crippen LogP contribution < -0.4 is 0 Å². The first-order valence-corrected chi connectivity index (χ1v) is 3.40. The molecule has 0 spiro atoms. The Morgan fingerprint density at radius 2 is 2.44 bits per heavy atom. The molecule has 0 saturated heterocycles. The lowest BCUT2D eigenvalue weighted by Gasteiger charge is -1.95. The van der Waals surface area contributed by atoms with Crippen molar-refractivity contribution in [2.45, 2.75) is 13.3 Å². The second-order valence-electron chi connectivity index (χ2n) is 2.52. The van der Waals surface area contributed by atoms with Crippen molar-refractivity contribution in [1.82, 2.24) is 0 Å². The Labute approximate surface area is 59.1 Å². The topological polar surface area (TPSA) is 26.3 Å². The highest BCUT2D eigenvalue weighted by molar-refractivity contribution is 6.61. The van der Waals surface area contributed by atoms with Gasteiger partial charge >= 0.3 is 5.43 Å². The summed E-state index contributed by atoms with van der Waals surface area (Å²) in [5.74, 6) is 1.30. The number of carbonyl (C=O) groups is 1. The van der Waals surface area contributed by atoms with Crippen LogP contribution in [-0.2, 0) is 4.74 Å². The fraction of sp³-hybridized carbons (Fsp3) is 0.833. The fourth-order valence-corrected chi connectivity index (χ4v) is 0.867. The van der Waals surface area contributed by atoms with E-state index in [0.29, 0.717) is 12.5 Å². The molecule has 0 radical (unpaired) electrons. The van der Waals surface area contributed by atoms with E-state index in [0.717, 1.165) is 5.92 Å². The zero-order valence-corrected chi connectivity index (χ0v) is 6.02. The van der Waals surface area contributed by atoms with Gasteiger partial charge in [0.25, 0.3) is 0 Å². The average molecular weight is 149 g/mol. The minimum Gasteiger partial charge on any atom is -0.453 e. The maximum Gasteiger partial charge on any atom is 0.403 e. The molecular weight excluding hydrogens is 140 g/mol. The summed E-state index contributed by atoms with van der Waals surface area (Å²) in [7, 11) is 0. The normalized spacial score (nSPS) is 31.8. The molecule has 0 heterocycles. The molecule has 1 fully saturated rings. The van der Waals surface area contributed by atoms with Gasteiger partial charge in [-0.15, -0.1) is 0 Å². The quantitative estimate of drug-likeness (QED) is 0.560. The Morgan fingerprint density at radius 3 is 2.78 bits per heavy atom. The maximum atomic E-state index is 10.0. The molecule has 1 saturated carbocycles. The average Bonchev–Trinajstić information content (AvgIpc) is 2.42. The third-order valence-corrected chi connectivity index (χ3v) is 1.80. The third-order valence-electron chi connectivity index (χ3n) is 1.69. The summed E-state index contributed by atoms with van der Waals surface area (Å²) in [5, 5.41) is 0. The van der Waals surface area contributed by atoms with Crippen LogP contribution in [0.3, 0.4) is 0 Å². The summed E-state index contributed by atoms with van der Waals surface area (Å²) in [5.41, 5.74) is -0.686. The van der Waals surface area contributed by atoms with Gasteiger partial charge in [0.15, 0.2) is 0 Å². The van der Waals surface area contributed by atoms with Crippen LogP contribution in [0.2, 0.25) is 0 Å². The van der Waals surface area contributed by atoms with Crippen molar-refractivity contribution < 1.29 is 9.53 Å². The van der Waals surface area contributed by atoms with E-state index in [1.165, 1.54) is 6.42 Å². The van der Waals surface area contributed by atoms with Crippen molar-refractivity contribution in [1.29, 1.82) is 0 Å². The van der Waals surface area contributed by atoms with Crippen LogP contribution in [0.25, 0.3) is 0 Å². The molecule has 1 aliphatic carbocycles. The van der Waals surface area contributed by atoms with Gasteiger partial charge in [-0.1, -0.05) is 6.92 Å². The van der Waals surface area contributed by atoms with E-state index in [4.69, 9.17) is 11.6 Å². The number of halogens is 1. The molecule has 0 aliphatic heterocycles. The Kier molecular flexibility index (Phi) is 1.96. The van der Waals surface area contributed by atoms with Gasteiger partial charge in [0.05, 0.1) is 6.61 Å². The van der Waals surface area contributed by atoms with Crippen LogP contribution in [0.5, 0.6) is 0 Å². The Morgan fingerprint density at radius 1 is 1.89 bits per heavy atom. The molecule has 3 heteroatoms. The molecule has 0 bridgehead atoms. The van der Waals surface area contributed by atoms with Gasteiger partial charge in [0.2, 0.25) is 0 Å². The summed E-state index contributed by atoms with van der Waals surface area (Å²) >= 11 is 4.94. The number of carbonyl (C=O) groups excluding carboxylic acids is 1. The van der Waals surface area contributed by atoms with Gasteiger partial charge < -0.3 is 4.74 Å². The summed E-state index contributed by atoms with van der Waals surface area (Å²) in [6, 6.07) is 0. The van der Waals surface area contributed by atoms with E-state index >= 15 is 0 Å². The number of hydrogen-bond donors (Lipinski definition) is 0. The van der Waals surface area contributed by atoms with Crippen molar-refractivity contribution >= 4 is 17.0 Å². The van der Waals surface area contributed by atoms with Crippen LogP contribution in [0.15, 0.2) is 0 Å². The van der Waals surface area contributed by atoms with Crippen molar-refractivity contribution in [3.05, 3.63) is 0 Å². The zero-order chi connectivity index (χ0) is 6.85. The molecular formula is C6H9ClO2. The van der Waals surface area contributed by atoms with Crippen LogP contribution in [0, 0.1) is 11.8 Å². The van der Waals surface area contributed by atoms with Crippen LogP contribution in [-0.4, -0.2) is 12.0 Å². The smallest absolute Gasteiger partial charge is 0.403 e. The van der Waals surface area contributed by atoms with Gasteiger partial charge in [0.1, 0.15) is 0 Å². The number of ether oxygens (including phenoxy) is 1.